The first-order valence-corrected chi connectivity index (χ1v) is 12.0. The van der Waals surface area contributed by atoms with E-state index in [1.165, 1.54) is 15.2 Å². The summed E-state index contributed by atoms with van der Waals surface area (Å²) in [5, 5.41) is 7.64. The molecule has 3 rings (SSSR count). The number of nitrogens with one attached hydrogen (secondary N) is 2. The lowest BCUT2D eigenvalue weighted by atomic mass is 10.2. The number of urea groups is 1. The number of piperidine rings is 1. The standard InChI is InChI=1S/C20H28N4O3S2/c1-23(2)18(19-10-7-13-28-19)15-21-20(25)22-16-8-6-9-17(14-16)29(26,27)24-11-4-3-5-12-24/h6-10,13-14,18H,3-5,11-12,15H2,1-2H3,(H2,21,22,25)/t18-/m1/s1. The van der Waals surface area contributed by atoms with Crippen LogP contribution in [0.5, 0.6) is 0 Å². The molecule has 1 fully saturated rings. The lowest BCUT2D eigenvalue weighted by Gasteiger charge is -2.26. The van der Waals surface area contributed by atoms with Crippen molar-refractivity contribution in [3.63, 3.8) is 0 Å². The highest BCUT2D eigenvalue weighted by atomic mass is 32.2. The van der Waals surface area contributed by atoms with E-state index in [2.05, 4.69) is 15.5 Å². The van der Waals surface area contributed by atoms with Gasteiger partial charge in [-0.2, -0.15) is 4.31 Å². The van der Waals surface area contributed by atoms with Crippen LogP contribution in [0, 0.1) is 0 Å². The second kappa shape index (κ2) is 9.71. The van der Waals surface area contributed by atoms with Gasteiger partial charge >= 0.3 is 6.03 Å². The molecule has 2 amide bonds. The molecule has 1 atom stereocenters. The Morgan fingerprint density at radius 2 is 1.93 bits per heavy atom. The Labute approximate surface area is 176 Å². The third kappa shape index (κ3) is 5.57. The van der Waals surface area contributed by atoms with E-state index in [0.29, 0.717) is 25.3 Å². The summed E-state index contributed by atoms with van der Waals surface area (Å²) in [5.41, 5.74) is 0.457. The van der Waals surface area contributed by atoms with Gasteiger partial charge < -0.3 is 15.5 Å². The van der Waals surface area contributed by atoms with E-state index < -0.39 is 10.0 Å². The van der Waals surface area contributed by atoms with Crippen LogP contribution in [0.2, 0.25) is 0 Å². The average Bonchev–Trinajstić information content (AvgIpc) is 3.23. The number of rotatable bonds is 7. The zero-order valence-corrected chi connectivity index (χ0v) is 18.4. The molecule has 2 aromatic rings. The molecule has 9 heteroatoms. The number of nitrogens with zero attached hydrogens (tertiary/aromatic N) is 2. The van der Waals surface area contributed by atoms with Crippen LogP contribution in [0.25, 0.3) is 0 Å². The van der Waals surface area contributed by atoms with Crippen molar-refractivity contribution in [1.82, 2.24) is 14.5 Å². The highest BCUT2D eigenvalue weighted by molar-refractivity contribution is 7.89. The highest BCUT2D eigenvalue weighted by Crippen LogP contribution is 2.24. The minimum atomic E-state index is -3.53. The first kappa shape index (κ1) is 21.8. The van der Waals surface area contributed by atoms with Crippen LogP contribution in [0.1, 0.15) is 30.2 Å². The van der Waals surface area contributed by atoms with E-state index >= 15 is 0 Å². The van der Waals surface area contributed by atoms with Gasteiger partial charge in [0.15, 0.2) is 0 Å². The Morgan fingerprint density at radius 1 is 1.17 bits per heavy atom. The van der Waals surface area contributed by atoms with E-state index in [1.807, 2.05) is 31.6 Å². The fraction of sp³-hybridized carbons (Fsp3) is 0.450. The molecule has 0 saturated carbocycles. The van der Waals surface area contributed by atoms with Crippen molar-refractivity contribution >= 4 is 33.1 Å². The fourth-order valence-corrected chi connectivity index (χ4v) is 5.86. The van der Waals surface area contributed by atoms with Gasteiger partial charge in [-0.25, -0.2) is 13.2 Å². The smallest absolute Gasteiger partial charge is 0.319 e. The molecule has 1 aliphatic rings. The monoisotopic (exact) mass is 436 g/mol. The molecule has 0 bridgehead atoms. The van der Waals surface area contributed by atoms with Crippen LogP contribution >= 0.6 is 11.3 Å². The molecule has 1 saturated heterocycles. The summed E-state index contributed by atoms with van der Waals surface area (Å²) in [6.07, 6.45) is 2.83. The van der Waals surface area contributed by atoms with E-state index in [1.54, 1.807) is 29.5 Å². The van der Waals surface area contributed by atoms with E-state index in [-0.39, 0.29) is 17.0 Å². The normalized spacial score (nSPS) is 16.5. The van der Waals surface area contributed by atoms with Gasteiger partial charge in [0, 0.05) is 30.2 Å². The number of hydrogen-bond donors (Lipinski definition) is 2. The van der Waals surface area contributed by atoms with Gasteiger partial charge in [0.1, 0.15) is 0 Å². The Hall–Kier alpha value is -1.94. The minimum Gasteiger partial charge on any atom is -0.336 e. The number of carbonyl (C=O) groups excluding carboxylic acids is 1. The number of likely N-dealkylation sites (N-methyl/N-ethyl adjacent to an activating group) is 1. The van der Waals surface area contributed by atoms with Crippen LogP contribution < -0.4 is 10.6 Å². The summed E-state index contributed by atoms with van der Waals surface area (Å²) >= 11 is 1.65. The summed E-state index contributed by atoms with van der Waals surface area (Å²) < 4.78 is 27.2. The van der Waals surface area contributed by atoms with Crippen molar-refractivity contribution in [1.29, 1.82) is 0 Å². The van der Waals surface area contributed by atoms with Crippen LogP contribution in [0.3, 0.4) is 0 Å². The molecule has 0 radical (unpaired) electrons. The van der Waals surface area contributed by atoms with E-state index in [0.717, 1.165) is 19.3 Å². The van der Waals surface area contributed by atoms with Crippen molar-refractivity contribution in [3.8, 4) is 0 Å². The average molecular weight is 437 g/mol. The molecule has 2 N–H and O–H groups in total. The van der Waals surface area contributed by atoms with Gasteiger partial charge in [-0.15, -0.1) is 11.3 Å². The maximum atomic E-state index is 12.8. The summed E-state index contributed by atoms with van der Waals surface area (Å²) in [6.45, 7) is 1.55. The summed E-state index contributed by atoms with van der Waals surface area (Å²) in [5.74, 6) is 0. The number of carbonyl (C=O) groups is 1. The van der Waals surface area contributed by atoms with E-state index in [4.69, 9.17) is 0 Å². The summed E-state index contributed by atoms with van der Waals surface area (Å²) in [4.78, 5) is 15.8. The molecule has 158 valence electrons. The largest absolute Gasteiger partial charge is 0.336 e. The van der Waals surface area contributed by atoms with Gasteiger partial charge in [0.25, 0.3) is 0 Å². The van der Waals surface area contributed by atoms with Gasteiger partial charge in [-0.1, -0.05) is 18.6 Å². The SMILES string of the molecule is CN(C)[C@H](CNC(=O)Nc1cccc(S(=O)(=O)N2CCCCC2)c1)c1cccs1. The molecule has 29 heavy (non-hydrogen) atoms. The number of amides is 2. The quantitative estimate of drug-likeness (QED) is 0.697. The van der Waals surface area contributed by atoms with Gasteiger partial charge in [-0.05, 0) is 56.6 Å². The van der Waals surface area contributed by atoms with Crippen LogP contribution in [-0.4, -0.2) is 57.4 Å². The fourth-order valence-electron chi connectivity index (χ4n) is 3.37. The molecule has 0 spiro atoms. The van der Waals surface area contributed by atoms with Gasteiger partial charge in [-0.3, -0.25) is 0 Å². The highest BCUT2D eigenvalue weighted by Gasteiger charge is 2.26. The van der Waals surface area contributed by atoms with Gasteiger partial charge in [0.2, 0.25) is 10.0 Å². The predicted octanol–water partition coefficient (Wildman–Crippen LogP) is 3.35. The van der Waals surface area contributed by atoms with Crippen LogP contribution in [0.15, 0.2) is 46.7 Å². The lowest BCUT2D eigenvalue weighted by Crippen LogP contribution is -2.37. The molecule has 0 aliphatic carbocycles. The van der Waals surface area contributed by atoms with Crippen molar-refractivity contribution in [2.45, 2.75) is 30.2 Å². The second-order valence-electron chi connectivity index (χ2n) is 7.32. The van der Waals surface area contributed by atoms with Crippen molar-refractivity contribution in [2.24, 2.45) is 0 Å². The molecule has 1 aliphatic heterocycles. The van der Waals surface area contributed by atoms with Crippen molar-refractivity contribution in [2.75, 3.05) is 39.0 Å². The molecule has 1 aromatic heterocycles. The lowest BCUT2D eigenvalue weighted by molar-refractivity contribution is 0.244. The number of sulfonamides is 1. The third-order valence-corrected chi connectivity index (χ3v) is 7.86. The van der Waals surface area contributed by atoms with Crippen LogP contribution in [0.4, 0.5) is 10.5 Å². The second-order valence-corrected chi connectivity index (χ2v) is 10.2. The summed E-state index contributed by atoms with van der Waals surface area (Å²) in [7, 11) is 0.412. The zero-order valence-electron chi connectivity index (χ0n) is 16.8. The van der Waals surface area contributed by atoms with Crippen LogP contribution in [-0.2, 0) is 10.0 Å². The molecule has 0 unspecified atom stereocenters. The first-order valence-electron chi connectivity index (χ1n) is 9.73. The molecule has 1 aromatic carbocycles. The Bertz CT molecular complexity index is 908. The molecular formula is C20H28N4O3S2. The number of anilines is 1. The maximum absolute atomic E-state index is 12.8. The van der Waals surface area contributed by atoms with Gasteiger partial charge in [0.05, 0.1) is 10.9 Å². The number of benzene rings is 1. The minimum absolute atomic E-state index is 0.0755. The summed E-state index contributed by atoms with van der Waals surface area (Å²) in [6, 6.07) is 10.2. The number of hydrogen-bond acceptors (Lipinski definition) is 5. The van der Waals surface area contributed by atoms with E-state index in [9.17, 15) is 13.2 Å². The molecular weight excluding hydrogens is 408 g/mol. The predicted molar refractivity (Wildman–Crippen MR) is 117 cm³/mol. The topological polar surface area (TPSA) is 81.8 Å². The molecule has 7 nitrogen and oxygen atoms in total. The Balaban J connectivity index is 1.63. The first-order chi connectivity index (χ1) is 13.9. The molecule has 2 heterocycles. The Kier molecular flexibility index (Phi) is 7.28. The van der Waals surface area contributed by atoms with Crippen molar-refractivity contribution in [3.05, 3.63) is 46.7 Å². The zero-order chi connectivity index (χ0) is 20.9. The van der Waals surface area contributed by atoms with Crippen molar-refractivity contribution < 1.29 is 13.2 Å². The Morgan fingerprint density at radius 3 is 2.59 bits per heavy atom. The number of thiophene rings is 1. The third-order valence-electron chi connectivity index (χ3n) is 5.00. The maximum Gasteiger partial charge on any atom is 0.319 e.